The Hall–Kier alpha value is -4.70. The van der Waals surface area contributed by atoms with E-state index >= 15 is 0 Å². The van der Waals surface area contributed by atoms with Crippen LogP contribution in [0, 0.1) is 13.8 Å². The molecule has 0 spiro atoms. The molecule has 5 aromatic rings. The van der Waals surface area contributed by atoms with Crippen LogP contribution >= 0.6 is 0 Å². The number of aliphatic hydroxyl groups is 2. The Bertz CT molecular complexity index is 1970. The molecule has 230 valence electrons. The molecular weight excluding hydrogens is 566 g/mol. The fourth-order valence-corrected chi connectivity index (χ4v) is 6.22. The van der Waals surface area contributed by atoms with Crippen molar-refractivity contribution < 1.29 is 15.0 Å². The average molecular weight is 604 g/mol. The lowest BCUT2D eigenvalue weighted by molar-refractivity contribution is 0.102. The van der Waals surface area contributed by atoms with Crippen LogP contribution in [0.5, 0.6) is 0 Å². The van der Waals surface area contributed by atoms with Crippen LogP contribution in [-0.4, -0.2) is 54.7 Å². The summed E-state index contributed by atoms with van der Waals surface area (Å²) in [5.74, 6) is -0.455. The zero-order valence-corrected chi connectivity index (χ0v) is 25.7. The van der Waals surface area contributed by atoms with Crippen LogP contribution in [0.25, 0.3) is 22.0 Å². The number of carbonyl (C=O) groups excluding carboxylic acids is 1. The van der Waals surface area contributed by atoms with Gasteiger partial charge in [-0.2, -0.15) is 0 Å². The fourth-order valence-electron chi connectivity index (χ4n) is 6.22. The van der Waals surface area contributed by atoms with Crippen molar-refractivity contribution in [3.63, 3.8) is 0 Å². The van der Waals surface area contributed by atoms with E-state index in [9.17, 15) is 19.8 Å². The van der Waals surface area contributed by atoms with Gasteiger partial charge in [0.1, 0.15) is 5.56 Å². The van der Waals surface area contributed by atoms with Gasteiger partial charge in [0, 0.05) is 62.8 Å². The molecule has 3 N–H and O–H groups in total. The number of amides is 1. The van der Waals surface area contributed by atoms with Crippen LogP contribution in [0.15, 0.2) is 78.0 Å². The van der Waals surface area contributed by atoms with Gasteiger partial charge < -0.3 is 20.1 Å². The van der Waals surface area contributed by atoms with Crippen molar-refractivity contribution in [2.24, 2.45) is 7.05 Å². The van der Waals surface area contributed by atoms with E-state index < -0.39 is 5.91 Å². The highest BCUT2D eigenvalue weighted by Crippen LogP contribution is 2.33. The fraction of sp³-hybridized carbons (Fsp3) is 0.278. The number of nitrogens with zero attached hydrogens (tertiary/aromatic N) is 4. The van der Waals surface area contributed by atoms with Gasteiger partial charge in [0.15, 0.2) is 0 Å². The number of β-amino-alcohol motifs (C(OH)–C–C–N with tert-alkyl or cyclic N) is 1. The van der Waals surface area contributed by atoms with Crippen LogP contribution in [0.4, 0.5) is 5.69 Å². The van der Waals surface area contributed by atoms with Crippen molar-refractivity contribution in [2.45, 2.75) is 45.9 Å². The Kier molecular flexibility index (Phi) is 8.58. The number of aryl methyl sites for hydroxylation is 1. The predicted octanol–water partition coefficient (Wildman–Crippen LogP) is 4.51. The summed E-state index contributed by atoms with van der Waals surface area (Å²) >= 11 is 0. The molecule has 0 radical (unpaired) electrons. The van der Waals surface area contributed by atoms with Crippen LogP contribution in [0.3, 0.4) is 0 Å². The molecule has 1 amide bonds. The second-order valence-corrected chi connectivity index (χ2v) is 11.9. The summed E-state index contributed by atoms with van der Waals surface area (Å²) < 4.78 is 1.45. The molecule has 1 saturated heterocycles. The Morgan fingerprint density at radius 2 is 1.80 bits per heavy atom. The number of likely N-dealkylation sites (tertiary alicyclic amines) is 1. The number of hydrogen-bond donors (Lipinski definition) is 3. The molecule has 0 unspecified atom stereocenters. The van der Waals surface area contributed by atoms with E-state index in [-0.39, 0.29) is 23.8 Å². The molecule has 6 rings (SSSR count). The number of anilines is 1. The third-order valence-electron chi connectivity index (χ3n) is 8.73. The summed E-state index contributed by atoms with van der Waals surface area (Å²) in [6.45, 7) is 5.92. The molecule has 45 heavy (non-hydrogen) atoms. The molecule has 1 fully saturated rings. The lowest BCUT2D eigenvalue weighted by Gasteiger charge is -2.18. The number of aliphatic hydroxyl groups excluding tert-OH is 2. The first-order valence-corrected chi connectivity index (χ1v) is 15.1. The Morgan fingerprint density at radius 1 is 1.02 bits per heavy atom. The summed E-state index contributed by atoms with van der Waals surface area (Å²) in [6, 6.07) is 17.5. The largest absolute Gasteiger partial charge is 0.392 e. The zero-order valence-electron chi connectivity index (χ0n) is 25.7. The van der Waals surface area contributed by atoms with Gasteiger partial charge in [-0.25, -0.2) is 0 Å². The van der Waals surface area contributed by atoms with E-state index in [2.05, 4.69) is 39.2 Å². The molecule has 0 aliphatic carbocycles. The number of benzene rings is 2. The number of pyridine rings is 3. The Morgan fingerprint density at radius 3 is 2.56 bits per heavy atom. The number of aromatic nitrogens is 3. The molecule has 1 aliphatic heterocycles. The van der Waals surface area contributed by atoms with Gasteiger partial charge in [0.2, 0.25) is 0 Å². The van der Waals surface area contributed by atoms with E-state index in [1.54, 1.807) is 31.7 Å². The third kappa shape index (κ3) is 6.28. The number of fused-ring (bicyclic) bond motifs is 1. The number of rotatable bonds is 8. The van der Waals surface area contributed by atoms with Crippen LogP contribution in [0.1, 0.15) is 50.3 Å². The van der Waals surface area contributed by atoms with Crippen molar-refractivity contribution in [3.8, 4) is 11.1 Å². The first kappa shape index (κ1) is 30.3. The van der Waals surface area contributed by atoms with Crippen molar-refractivity contribution in [2.75, 3.05) is 18.4 Å². The number of nitrogens with one attached hydrogen (secondary N) is 1. The molecule has 1 aliphatic rings. The third-order valence-corrected chi connectivity index (χ3v) is 8.73. The molecule has 9 nitrogen and oxygen atoms in total. The van der Waals surface area contributed by atoms with E-state index in [1.807, 2.05) is 43.3 Å². The Labute approximate surface area is 261 Å². The maximum absolute atomic E-state index is 13.5. The standard InChI is InChI=1S/C36H37N5O4/c1-22-26(16-33-34-27(10-12-37-33)14-24(21-42)17-38-34)6-4-7-29(22)30-8-5-9-32(23(30)2)39-35(44)31-15-25(18-40(3)36(31)45)19-41-13-11-28(43)20-41/h4-10,12,14-15,17-18,28,42-43H,11,13,16,19-21H2,1-3H3,(H,39,44)/t28-/m1/s1. The van der Waals surface area contributed by atoms with Crippen molar-refractivity contribution in [3.05, 3.63) is 123 Å². The first-order chi connectivity index (χ1) is 21.7. The van der Waals surface area contributed by atoms with Gasteiger partial charge in [-0.1, -0.05) is 30.3 Å². The van der Waals surface area contributed by atoms with Gasteiger partial charge in [0.05, 0.1) is 23.9 Å². The monoisotopic (exact) mass is 603 g/mol. The quantitative estimate of drug-likeness (QED) is 0.239. The summed E-state index contributed by atoms with van der Waals surface area (Å²) in [5, 5.41) is 23.3. The maximum atomic E-state index is 13.5. The average Bonchev–Trinajstić information content (AvgIpc) is 3.44. The molecule has 3 aromatic heterocycles. The second kappa shape index (κ2) is 12.7. The molecule has 0 bridgehead atoms. The van der Waals surface area contributed by atoms with Crippen LogP contribution in [0.2, 0.25) is 0 Å². The molecular formula is C36H37N5O4. The van der Waals surface area contributed by atoms with E-state index in [4.69, 9.17) is 0 Å². The number of carbonyl (C=O) groups is 1. The molecule has 2 aromatic carbocycles. The highest BCUT2D eigenvalue weighted by molar-refractivity contribution is 6.05. The molecule has 4 heterocycles. The SMILES string of the molecule is Cc1c(Cc2nccc3cc(CO)cnc23)cccc1-c1cccc(NC(=O)c2cc(CN3CC[C@@H](O)C3)cn(C)c2=O)c1C. The topological polar surface area (TPSA) is 121 Å². The first-order valence-electron chi connectivity index (χ1n) is 15.1. The van der Waals surface area contributed by atoms with Crippen molar-refractivity contribution in [1.29, 1.82) is 0 Å². The normalized spacial score (nSPS) is 15.1. The predicted molar refractivity (Wildman–Crippen MR) is 175 cm³/mol. The number of hydrogen-bond acceptors (Lipinski definition) is 7. The lowest BCUT2D eigenvalue weighted by atomic mass is 9.91. The molecule has 0 saturated carbocycles. The van der Waals surface area contributed by atoms with E-state index in [0.717, 1.165) is 68.5 Å². The lowest BCUT2D eigenvalue weighted by Crippen LogP contribution is -2.29. The van der Waals surface area contributed by atoms with E-state index in [0.29, 0.717) is 25.2 Å². The van der Waals surface area contributed by atoms with Gasteiger partial charge in [0.25, 0.3) is 11.5 Å². The summed E-state index contributed by atoms with van der Waals surface area (Å²) in [7, 11) is 1.65. The second-order valence-electron chi connectivity index (χ2n) is 11.9. The highest BCUT2D eigenvalue weighted by atomic mass is 16.3. The summed E-state index contributed by atoms with van der Waals surface area (Å²) in [5.41, 5.74) is 8.77. The minimum absolute atomic E-state index is 0.0613. The minimum atomic E-state index is -0.455. The van der Waals surface area contributed by atoms with Crippen LogP contribution in [-0.2, 0) is 26.6 Å². The van der Waals surface area contributed by atoms with Crippen molar-refractivity contribution in [1.82, 2.24) is 19.4 Å². The minimum Gasteiger partial charge on any atom is -0.392 e. The maximum Gasteiger partial charge on any atom is 0.263 e. The Balaban J connectivity index is 1.27. The molecule has 9 heteroatoms. The smallest absolute Gasteiger partial charge is 0.263 e. The van der Waals surface area contributed by atoms with Crippen molar-refractivity contribution >= 4 is 22.5 Å². The summed E-state index contributed by atoms with van der Waals surface area (Å²) in [4.78, 5) is 37.8. The van der Waals surface area contributed by atoms with Gasteiger partial charge in [-0.15, -0.1) is 0 Å². The zero-order chi connectivity index (χ0) is 31.7. The summed E-state index contributed by atoms with van der Waals surface area (Å²) in [6.07, 6.45) is 6.18. The highest BCUT2D eigenvalue weighted by Gasteiger charge is 2.22. The van der Waals surface area contributed by atoms with Gasteiger partial charge in [-0.05, 0) is 83.5 Å². The van der Waals surface area contributed by atoms with Gasteiger partial charge >= 0.3 is 0 Å². The molecule has 1 atom stereocenters. The van der Waals surface area contributed by atoms with E-state index in [1.165, 1.54) is 4.57 Å². The van der Waals surface area contributed by atoms with Gasteiger partial charge in [-0.3, -0.25) is 24.5 Å². The van der Waals surface area contributed by atoms with Crippen LogP contribution < -0.4 is 10.9 Å².